The lowest BCUT2D eigenvalue weighted by Crippen LogP contribution is -2.28. The predicted octanol–water partition coefficient (Wildman–Crippen LogP) is 3.13. The Labute approximate surface area is 151 Å². The number of amides is 1. The third kappa shape index (κ3) is 4.52. The van der Waals surface area contributed by atoms with Gasteiger partial charge >= 0.3 is 5.97 Å². The van der Waals surface area contributed by atoms with E-state index in [4.69, 9.17) is 16.7 Å². The molecule has 132 valence electrons. The molecular weight excluding hydrogens is 370 g/mol. The number of nitrogens with zero attached hydrogens (tertiary/aromatic N) is 2. The summed E-state index contributed by atoms with van der Waals surface area (Å²) in [6.07, 6.45) is -0.0582. The summed E-state index contributed by atoms with van der Waals surface area (Å²) in [6.45, 7) is 3.29. The zero-order chi connectivity index (χ0) is 18.7. The van der Waals surface area contributed by atoms with Gasteiger partial charge in [-0.1, -0.05) is 17.7 Å². The van der Waals surface area contributed by atoms with Gasteiger partial charge in [0.15, 0.2) is 0 Å². The number of benzene rings is 1. The fourth-order valence-corrected chi connectivity index (χ4v) is 3.27. The normalized spacial score (nSPS) is 11.8. The number of thiazole rings is 1. The van der Waals surface area contributed by atoms with Crippen molar-refractivity contribution in [3.8, 4) is 0 Å². The van der Waals surface area contributed by atoms with Gasteiger partial charge in [0.2, 0.25) is 5.91 Å². The molecule has 1 atom stereocenters. The van der Waals surface area contributed by atoms with Crippen molar-refractivity contribution in [1.29, 1.82) is 0 Å². The first-order chi connectivity index (χ1) is 11.7. The Balaban J connectivity index is 2.06. The summed E-state index contributed by atoms with van der Waals surface area (Å²) in [7, 11) is 0. The number of carbonyl (C=O) groups excluding carboxylic acids is 1. The van der Waals surface area contributed by atoms with E-state index in [0.29, 0.717) is 16.3 Å². The van der Waals surface area contributed by atoms with Crippen LogP contribution in [0, 0.1) is 17.0 Å². The molecule has 25 heavy (non-hydrogen) atoms. The summed E-state index contributed by atoms with van der Waals surface area (Å²) in [4.78, 5) is 37.6. The first-order valence-electron chi connectivity index (χ1n) is 7.11. The second kappa shape index (κ2) is 7.58. The number of aromatic nitrogens is 1. The molecule has 0 spiro atoms. The number of carbonyl (C=O) groups is 2. The summed E-state index contributed by atoms with van der Waals surface area (Å²) in [5.74, 6) is -1.41. The van der Waals surface area contributed by atoms with Crippen LogP contribution in [0.15, 0.2) is 18.2 Å². The molecule has 0 aliphatic rings. The molecule has 1 amide bonds. The van der Waals surface area contributed by atoms with Crippen LogP contribution in [0.25, 0.3) is 0 Å². The van der Waals surface area contributed by atoms with Gasteiger partial charge in [0.1, 0.15) is 9.88 Å². The molecule has 2 rings (SSSR count). The van der Waals surface area contributed by atoms with Crippen LogP contribution in [0.4, 0.5) is 5.69 Å². The molecule has 8 nitrogen and oxygen atoms in total. The van der Waals surface area contributed by atoms with Gasteiger partial charge in [-0.25, -0.2) is 9.78 Å². The molecule has 0 fully saturated rings. The van der Waals surface area contributed by atoms with Crippen molar-refractivity contribution in [3.05, 3.63) is 54.5 Å². The first-order valence-corrected chi connectivity index (χ1v) is 8.31. The number of hydrogen-bond donors (Lipinski definition) is 2. The molecular formula is C15H14ClN3O5S. The van der Waals surface area contributed by atoms with Crippen LogP contribution in [-0.2, 0) is 11.2 Å². The number of carboxylic acid groups (broad SMARTS) is 1. The molecule has 0 aliphatic carbocycles. The molecule has 0 radical (unpaired) electrons. The summed E-state index contributed by atoms with van der Waals surface area (Å²) < 4.78 is 0. The van der Waals surface area contributed by atoms with Gasteiger partial charge in [-0.2, -0.15) is 0 Å². The fourth-order valence-electron chi connectivity index (χ4n) is 2.12. The number of nitrogens with one attached hydrogen (secondary N) is 1. The maximum Gasteiger partial charge on any atom is 0.347 e. The molecule has 1 unspecified atom stereocenters. The number of rotatable bonds is 6. The number of non-ortho nitro benzene ring substituents is 1. The maximum atomic E-state index is 12.1. The second-order valence-electron chi connectivity index (χ2n) is 5.27. The molecule has 1 aromatic heterocycles. The molecule has 0 aliphatic heterocycles. The summed E-state index contributed by atoms with van der Waals surface area (Å²) in [5, 5.41) is 23.1. The van der Waals surface area contributed by atoms with Crippen molar-refractivity contribution in [2.24, 2.45) is 0 Å². The molecule has 0 saturated heterocycles. The van der Waals surface area contributed by atoms with E-state index >= 15 is 0 Å². The van der Waals surface area contributed by atoms with Crippen LogP contribution in [0.5, 0.6) is 0 Å². The van der Waals surface area contributed by atoms with Gasteiger partial charge < -0.3 is 10.4 Å². The van der Waals surface area contributed by atoms with Crippen molar-refractivity contribution >= 4 is 40.5 Å². The second-order valence-corrected chi connectivity index (χ2v) is 6.71. The zero-order valence-corrected chi connectivity index (χ0v) is 14.8. The van der Waals surface area contributed by atoms with E-state index in [-0.39, 0.29) is 27.9 Å². The van der Waals surface area contributed by atoms with Crippen molar-refractivity contribution < 1.29 is 19.6 Å². The maximum absolute atomic E-state index is 12.1. The average Bonchev–Trinajstić information content (AvgIpc) is 2.91. The van der Waals surface area contributed by atoms with Gasteiger partial charge in [-0.15, -0.1) is 11.3 Å². The van der Waals surface area contributed by atoms with Crippen LogP contribution in [0.1, 0.15) is 38.9 Å². The van der Waals surface area contributed by atoms with E-state index in [2.05, 4.69) is 10.3 Å². The molecule has 2 N–H and O–H groups in total. The molecule has 10 heteroatoms. The van der Waals surface area contributed by atoms with E-state index in [1.165, 1.54) is 18.2 Å². The van der Waals surface area contributed by atoms with Crippen LogP contribution in [-0.4, -0.2) is 26.9 Å². The van der Waals surface area contributed by atoms with E-state index < -0.39 is 16.9 Å². The highest BCUT2D eigenvalue weighted by molar-refractivity contribution is 7.13. The van der Waals surface area contributed by atoms with Crippen molar-refractivity contribution in [2.75, 3.05) is 0 Å². The Hall–Kier alpha value is -2.52. The van der Waals surface area contributed by atoms with Crippen molar-refractivity contribution in [1.82, 2.24) is 10.3 Å². The van der Waals surface area contributed by atoms with Gasteiger partial charge in [-0.05, 0) is 19.4 Å². The Morgan fingerprint density at radius 3 is 2.68 bits per heavy atom. The van der Waals surface area contributed by atoms with Gasteiger partial charge in [0.05, 0.1) is 28.1 Å². The Bertz CT molecular complexity index is 852. The molecule has 1 aromatic carbocycles. The standard InChI is InChI=1S/C15H14ClN3O5S/c1-7-13(15(21)22)25-14(18-7)8(2)17-12(20)5-9-3-4-10(19(23)24)6-11(9)16/h3-4,6,8H,5H2,1-2H3,(H,17,20)(H,21,22). The smallest absolute Gasteiger partial charge is 0.347 e. The zero-order valence-electron chi connectivity index (χ0n) is 13.3. The van der Waals surface area contributed by atoms with Crippen LogP contribution in [0.3, 0.4) is 0 Å². The number of aryl methyl sites for hydroxylation is 1. The van der Waals surface area contributed by atoms with Crippen LogP contribution in [0.2, 0.25) is 5.02 Å². The minimum Gasteiger partial charge on any atom is -0.477 e. The van der Waals surface area contributed by atoms with Crippen molar-refractivity contribution in [3.63, 3.8) is 0 Å². The SMILES string of the molecule is Cc1nc(C(C)NC(=O)Cc2ccc([N+](=O)[O-])cc2Cl)sc1C(=O)O. The molecule has 0 saturated carbocycles. The summed E-state index contributed by atoms with van der Waals surface area (Å²) in [6, 6.07) is 3.43. The minimum absolute atomic E-state index is 0.0582. The van der Waals surface area contributed by atoms with E-state index in [9.17, 15) is 19.7 Å². The highest BCUT2D eigenvalue weighted by Crippen LogP contribution is 2.25. The number of nitro groups is 1. The van der Waals surface area contributed by atoms with Crippen molar-refractivity contribution in [2.45, 2.75) is 26.3 Å². The van der Waals surface area contributed by atoms with E-state index in [1.54, 1.807) is 13.8 Å². The number of aromatic carboxylic acids is 1. The lowest BCUT2D eigenvalue weighted by Gasteiger charge is -2.11. The number of hydrogen-bond acceptors (Lipinski definition) is 6. The summed E-state index contributed by atoms with van der Waals surface area (Å²) >= 11 is 6.98. The lowest BCUT2D eigenvalue weighted by molar-refractivity contribution is -0.384. The molecule has 2 aromatic rings. The minimum atomic E-state index is -1.06. The topological polar surface area (TPSA) is 122 Å². The van der Waals surface area contributed by atoms with Gasteiger partial charge in [-0.3, -0.25) is 14.9 Å². The number of nitro benzene ring substituents is 1. The third-order valence-corrected chi connectivity index (χ3v) is 5.03. The third-order valence-electron chi connectivity index (χ3n) is 3.35. The summed E-state index contributed by atoms with van der Waals surface area (Å²) in [5.41, 5.74) is 0.701. The van der Waals surface area contributed by atoms with E-state index in [1.807, 2.05) is 0 Å². The lowest BCUT2D eigenvalue weighted by atomic mass is 10.1. The van der Waals surface area contributed by atoms with Gasteiger partial charge in [0, 0.05) is 12.1 Å². The van der Waals surface area contributed by atoms with Crippen LogP contribution >= 0.6 is 22.9 Å². The van der Waals surface area contributed by atoms with Gasteiger partial charge in [0.25, 0.3) is 5.69 Å². The predicted molar refractivity (Wildman–Crippen MR) is 92.2 cm³/mol. The average molecular weight is 384 g/mol. The fraction of sp³-hybridized carbons (Fsp3) is 0.267. The van der Waals surface area contributed by atoms with E-state index in [0.717, 1.165) is 11.3 Å². The molecule has 1 heterocycles. The highest BCUT2D eigenvalue weighted by atomic mass is 35.5. The van der Waals surface area contributed by atoms with Crippen LogP contribution < -0.4 is 5.32 Å². The number of carboxylic acids is 1. The quantitative estimate of drug-likeness (QED) is 0.583. The monoisotopic (exact) mass is 383 g/mol. The first kappa shape index (κ1) is 18.8. The Morgan fingerprint density at radius 1 is 1.48 bits per heavy atom. The highest BCUT2D eigenvalue weighted by Gasteiger charge is 2.20. The Morgan fingerprint density at radius 2 is 2.16 bits per heavy atom. The number of halogens is 1. The largest absolute Gasteiger partial charge is 0.477 e. The Kier molecular flexibility index (Phi) is 5.70. The molecule has 0 bridgehead atoms.